The first-order valence-electron chi connectivity index (χ1n) is 6.56. The highest BCUT2D eigenvalue weighted by Gasteiger charge is 2.63. The molecule has 1 saturated carbocycles. The molecule has 1 aliphatic heterocycles. The molecular weight excluding hydrogens is 242 g/mol. The first-order valence-corrected chi connectivity index (χ1v) is 6.56. The lowest BCUT2D eigenvalue weighted by Gasteiger charge is -2.11. The second-order valence-electron chi connectivity index (χ2n) is 5.79. The number of nitrogens with zero attached hydrogens (tertiary/aromatic N) is 1. The van der Waals surface area contributed by atoms with Crippen molar-refractivity contribution in [1.29, 1.82) is 0 Å². The Hall–Kier alpha value is -1.84. The maximum Gasteiger partial charge on any atom is 0.416 e. The van der Waals surface area contributed by atoms with Gasteiger partial charge < -0.3 is 4.74 Å². The molecule has 1 saturated heterocycles. The van der Waals surface area contributed by atoms with E-state index in [0.717, 1.165) is 0 Å². The molecule has 100 valence electrons. The number of imide groups is 1. The van der Waals surface area contributed by atoms with Crippen molar-refractivity contribution in [3.8, 4) is 0 Å². The fraction of sp³-hybridized carbons (Fsp3) is 0.467. The molecule has 2 fully saturated rings. The highest BCUT2D eigenvalue weighted by Crippen LogP contribution is 2.65. The van der Waals surface area contributed by atoms with Crippen LogP contribution < -0.4 is 0 Å². The van der Waals surface area contributed by atoms with Gasteiger partial charge in [0.1, 0.15) is 6.61 Å². The Kier molecular flexibility index (Phi) is 2.62. The molecule has 0 N–H and O–H groups in total. The van der Waals surface area contributed by atoms with E-state index < -0.39 is 6.09 Å². The summed E-state index contributed by atoms with van der Waals surface area (Å²) in [5.41, 5.74) is 1.07. The van der Waals surface area contributed by atoms with Gasteiger partial charge in [-0.25, -0.2) is 9.69 Å². The molecule has 19 heavy (non-hydrogen) atoms. The van der Waals surface area contributed by atoms with Gasteiger partial charge in [0.05, 0.1) is 12.5 Å². The Labute approximate surface area is 112 Å². The lowest BCUT2D eigenvalue weighted by Crippen LogP contribution is -2.34. The Bertz CT molecular complexity index is 523. The van der Waals surface area contributed by atoms with Crippen molar-refractivity contribution in [2.45, 2.75) is 19.8 Å². The molecule has 0 bridgehead atoms. The monoisotopic (exact) mass is 259 g/mol. The van der Waals surface area contributed by atoms with E-state index in [1.54, 1.807) is 0 Å². The molecule has 2 aliphatic rings. The third-order valence-corrected chi connectivity index (χ3v) is 4.28. The zero-order valence-corrected chi connectivity index (χ0v) is 11.1. The van der Waals surface area contributed by atoms with Gasteiger partial charge in [0.15, 0.2) is 0 Å². The highest BCUT2D eigenvalue weighted by molar-refractivity contribution is 5.97. The van der Waals surface area contributed by atoms with E-state index in [9.17, 15) is 9.59 Å². The Morgan fingerprint density at radius 1 is 1.32 bits per heavy atom. The van der Waals surface area contributed by atoms with Crippen LogP contribution in [0, 0.1) is 11.3 Å². The minimum Gasteiger partial charge on any atom is -0.447 e. The second kappa shape index (κ2) is 4.08. The minimum absolute atomic E-state index is 0.0959. The Morgan fingerprint density at radius 2 is 2.00 bits per heavy atom. The zero-order valence-electron chi connectivity index (χ0n) is 11.1. The summed E-state index contributed by atoms with van der Waals surface area (Å²) >= 11 is 0. The maximum atomic E-state index is 12.4. The summed E-state index contributed by atoms with van der Waals surface area (Å²) < 4.78 is 4.84. The number of carbonyl (C=O) groups is 2. The summed E-state index contributed by atoms with van der Waals surface area (Å²) in [5, 5.41) is 0. The predicted molar refractivity (Wildman–Crippen MR) is 69.5 cm³/mol. The molecule has 0 radical (unpaired) electrons. The zero-order chi connectivity index (χ0) is 13.6. The van der Waals surface area contributed by atoms with Gasteiger partial charge in [0.2, 0.25) is 5.91 Å². The van der Waals surface area contributed by atoms with E-state index in [2.05, 4.69) is 13.8 Å². The van der Waals surface area contributed by atoms with Gasteiger partial charge in [-0.15, -0.1) is 0 Å². The molecule has 1 aromatic rings. The third-order valence-electron chi connectivity index (χ3n) is 4.28. The third kappa shape index (κ3) is 1.82. The topological polar surface area (TPSA) is 46.6 Å². The van der Waals surface area contributed by atoms with Crippen molar-refractivity contribution >= 4 is 12.0 Å². The van der Waals surface area contributed by atoms with E-state index in [-0.39, 0.29) is 23.2 Å². The summed E-state index contributed by atoms with van der Waals surface area (Å²) in [6, 6.07) is 10.0. The fourth-order valence-corrected chi connectivity index (χ4v) is 3.14. The van der Waals surface area contributed by atoms with E-state index in [1.165, 1.54) is 10.5 Å². The first kappa shape index (κ1) is 12.2. The number of benzene rings is 1. The van der Waals surface area contributed by atoms with Crippen LogP contribution in [0.4, 0.5) is 4.79 Å². The summed E-state index contributed by atoms with van der Waals surface area (Å²) in [7, 11) is 0. The highest BCUT2D eigenvalue weighted by atomic mass is 16.6. The molecule has 0 unspecified atom stereocenters. The smallest absolute Gasteiger partial charge is 0.416 e. The summed E-state index contributed by atoms with van der Waals surface area (Å²) in [6.45, 7) is 4.85. The summed E-state index contributed by atoms with van der Waals surface area (Å²) in [4.78, 5) is 25.2. The minimum atomic E-state index is -0.500. The largest absolute Gasteiger partial charge is 0.447 e. The summed E-state index contributed by atoms with van der Waals surface area (Å²) in [6.07, 6.45) is -0.500. The molecule has 0 aromatic heterocycles. The number of hydrogen-bond acceptors (Lipinski definition) is 3. The second-order valence-corrected chi connectivity index (χ2v) is 5.79. The van der Waals surface area contributed by atoms with Crippen molar-refractivity contribution in [2.24, 2.45) is 11.3 Å². The fourth-order valence-electron chi connectivity index (χ4n) is 3.14. The van der Waals surface area contributed by atoms with Crippen molar-refractivity contribution in [3.63, 3.8) is 0 Å². The van der Waals surface area contributed by atoms with Crippen LogP contribution >= 0.6 is 0 Å². The van der Waals surface area contributed by atoms with Crippen LogP contribution in [0.1, 0.15) is 25.3 Å². The molecule has 2 atom stereocenters. The summed E-state index contributed by atoms with van der Waals surface area (Å²) in [5.74, 6) is -0.0310. The van der Waals surface area contributed by atoms with Crippen LogP contribution in [0.25, 0.3) is 0 Å². The number of ether oxygens (including phenoxy) is 1. The van der Waals surface area contributed by atoms with Gasteiger partial charge in [0, 0.05) is 5.92 Å². The number of hydrogen-bond donors (Lipinski definition) is 0. The van der Waals surface area contributed by atoms with Crippen LogP contribution in [0.15, 0.2) is 30.3 Å². The molecule has 4 nitrogen and oxygen atoms in total. The van der Waals surface area contributed by atoms with Gasteiger partial charge in [0.25, 0.3) is 0 Å². The first-order chi connectivity index (χ1) is 9.03. The van der Waals surface area contributed by atoms with Crippen molar-refractivity contribution in [1.82, 2.24) is 4.90 Å². The van der Waals surface area contributed by atoms with Crippen LogP contribution in [0.5, 0.6) is 0 Å². The van der Waals surface area contributed by atoms with E-state index in [0.29, 0.717) is 13.2 Å². The lowest BCUT2D eigenvalue weighted by molar-refractivity contribution is -0.129. The predicted octanol–water partition coefficient (Wildman–Crippen LogP) is 2.41. The molecule has 4 heteroatoms. The molecule has 0 spiro atoms. The standard InChI is InChI=1S/C15H17NO3/c1-15(2)11(10-6-4-3-5-7-10)12(15)13(17)16-8-9-19-14(16)18/h3-7,11-12H,8-9H2,1-2H3/t11-,12+/m0/s1. The van der Waals surface area contributed by atoms with Gasteiger partial charge in [-0.05, 0) is 11.0 Å². The number of amides is 2. The number of cyclic esters (lactones) is 1. The van der Waals surface area contributed by atoms with Gasteiger partial charge in [-0.3, -0.25) is 4.79 Å². The van der Waals surface area contributed by atoms with Crippen LogP contribution in [-0.4, -0.2) is 30.1 Å². The van der Waals surface area contributed by atoms with E-state index in [4.69, 9.17) is 4.74 Å². The number of carbonyl (C=O) groups excluding carboxylic acids is 2. The van der Waals surface area contributed by atoms with Gasteiger partial charge in [-0.1, -0.05) is 44.2 Å². The molecule has 1 aromatic carbocycles. The van der Waals surface area contributed by atoms with Gasteiger partial charge >= 0.3 is 6.09 Å². The average molecular weight is 259 g/mol. The SMILES string of the molecule is CC1(C)[C@@H](C(=O)N2CCOC2=O)[C@@H]1c1ccccc1. The van der Waals surface area contributed by atoms with Crippen LogP contribution in [-0.2, 0) is 9.53 Å². The van der Waals surface area contributed by atoms with Crippen molar-refractivity contribution in [3.05, 3.63) is 35.9 Å². The molecule has 2 amide bonds. The van der Waals surface area contributed by atoms with E-state index in [1.807, 2.05) is 30.3 Å². The number of rotatable bonds is 2. The van der Waals surface area contributed by atoms with Crippen molar-refractivity contribution < 1.29 is 14.3 Å². The van der Waals surface area contributed by atoms with Gasteiger partial charge in [-0.2, -0.15) is 0 Å². The maximum absolute atomic E-state index is 12.4. The molecule has 1 heterocycles. The van der Waals surface area contributed by atoms with E-state index >= 15 is 0 Å². The average Bonchev–Trinajstić information content (AvgIpc) is 2.74. The lowest BCUT2D eigenvalue weighted by atomic mass is 10.0. The molecule has 3 rings (SSSR count). The normalized spacial score (nSPS) is 28.1. The van der Waals surface area contributed by atoms with Crippen LogP contribution in [0.2, 0.25) is 0 Å². The molecule has 1 aliphatic carbocycles. The molecular formula is C15H17NO3. The van der Waals surface area contributed by atoms with Crippen LogP contribution in [0.3, 0.4) is 0 Å². The Morgan fingerprint density at radius 3 is 2.58 bits per heavy atom. The van der Waals surface area contributed by atoms with Crippen molar-refractivity contribution in [2.75, 3.05) is 13.2 Å². The Balaban J connectivity index is 1.83. The quantitative estimate of drug-likeness (QED) is 0.819.